The molecule has 4 heteroatoms. The van der Waals surface area contributed by atoms with E-state index in [9.17, 15) is 14.4 Å². The molecule has 3 aliphatic carbocycles. The fourth-order valence-electron chi connectivity index (χ4n) is 5.21. The van der Waals surface area contributed by atoms with Gasteiger partial charge in [0.15, 0.2) is 11.6 Å². The number of amides is 1. The van der Waals surface area contributed by atoms with Gasteiger partial charge in [0, 0.05) is 16.7 Å². The third-order valence-corrected chi connectivity index (χ3v) is 6.34. The highest BCUT2D eigenvalue weighted by atomic mass is 16.2. The van der Waals surface area contributed by atoms with Crippen LogP contribution >= 0.6 is 0 Å². The summed E-state index contributed by atoms with van der Waals surface area (Å²) in [6.45, 7) is 0. The van der Waals surface area contributed by atoms with Crippen molar-refractivity contribution < 1.29 is 14.4 Å². The van der Waals surface area contributed by atoms with E-state index >= 15 is 0 Å². The number of Topliss-reactive ketones (excluding diaryl/α,β-unsaturated/α-hetero) is 2. The van der Waals surface area contributed by atoms with Crippen LogP contribution in [0.15, 0.2) is 78.4 Å². The Morgan fingerprint density at radius 1 is 0.714 bits per heavy atom. The first-order valence-electron chi connectivity index (χ1n) is 9.34. The van der Waals surface area contributed by atoms with Crippen LogP contribution in [0.3, 0.4) is 0 Å². The minimum Gasteiger partial charge on any atom is -0.334 e. The molecule has 6 rings (SSSR count). The van der Waals surface area contributed by atoms with E-state index in [-0.39, 0.29) is 17.5 Å². The lowest BCUT2D eigenvalue weighted by molar-refractivity contribution is -0.126. The average molecular weight is 365 g/mol. The Labute approximate surface area is 161 Å². The van der Waals surface area contributed by atoms with E-state index in [1.54, 1.807) is 12.1 Å². The maximum Gasteiger partial charge on any atom is 0.252 e. The zero-order valence-electron chi connectivity index (χ0n) is 14.8. The molecule has 0 fully saturated rings. The summed E-state index contributed by atoms with van der Waals surface area (Å²) in [5.74, 6) is -1.36. The predicted octanol–water partition coefficient (Wildman–Crippen LogP) is 2.95. The Kier molecular flexibility index (Phi) is 2.80. The van der Waals surface area contributed by atoms with E-state index in [2.05, 4.69) is 5.32 Å². The molecule has 1 spiro atoms. The zero-order chi connectivity index (χ0) is 19.0. The number of fused-ring (bicyclic) bond motifs is 7. The van der Waals surface area contributed by atoms with Gasteiger partial charge in [-0.2, -0.15) is 0 Å². The van der Waals surface area contributed by atoms with Gasteiger partial charge in [-0.15, -0.1) is 0 Å². The van der Waals surface area contributed by atoms with Crippen molar-refractivity contribution in [3.8, 4) is 0 Å². The monoisotopic (exact) mass is 365 g/mol. The van der Waals surface area contributed by atoms with Crippen molar-refractivity contribution >= 4 is 23.0 Å². The molecular weight excluding hydrogens is 350 g/mol. The molecule has 0 aromatic heterocycles. The Morgan fingerprint density at radius 3 is 2.00 bits per heavy atom. The summed E-state index contributed by atoms with van der Waals surface area (Å²) < 4.78 is 0. The van der Waals surface area contributed by atoms with Gasteiger partial charge < -0.3 is 5.32 Å². The Bertz CT molecular complexity index is 1220. The predicted molar refractivity (Wildman–Crippen MR) is 103 cm³/mol. The standard InChI is InChI=1S/C24H15NO3/c26-21-13-7-1-2-8-14(13)22(27)20-19(21)15-9-3-5-11-17(15)24(20)18-12-6-4-10-16(18)23(28)25-24/h1-14H,(H,25,28). The molecule has 1 heterocycles. The van der Waals surface area contributed by atoms with Crippen LogP contribution in [0.25, 0.3) is 5.57 Å². The number of hydrogen-bond donors (Lipinski definition) is 1. The van der Waals surface area contributed by atoms with Gasteiger partial charge in [-0.1, -0.05) is 66.8 Å². The summed E-state index contributed by atoms with van der Waals surface area (Å²) in [5, 5.41) is 3.08. The lowest BCUT2D eigenvalue weighted by Crippen LogP contribution is -2.47. The molecule has 134 valence electrons. The lowest BCUT2D eigenvalue weighted by atomic mass is 9.68. The summed E-state index contributed by atoms with van der Waals surface area (Å²) in [7, 11) is 0. The van der Waals surface area contributed by atoms with Crippen molar-refractivity contribution in [3.63, 3.8) is 0 Å². The Balaban J connectivity index is 1.73. The van der Waals surface area contributed by atoms with E-state index in [4.69, 9.17) is 0 Å². The molecule has 1 amide bonds. The summed E-state index contributed by atoms with van der Waals surface area (Å²) in [5.41, 5.74) is 2.62. The molecule has 4 aliphatic rings. The van der Waals surface area contributed by atoms with E-state index in [1.165, 1.54) is 0 Å². The minimum atomic E-state index is -1.09. The Morgan fingerprint density at radius 2 is 1.29 bits per heavy atom. The molecule has 0 radical (unpaired) electrons. The molecule has 1 N–H and O–H groups in total. The van der Waals surface area contributed by atoms with Crippen LogP contribution in [0.1, 0.15) is 27.0 Å². The smallest absolute Gasteiger partial charge is 0.252 e. The van der Waals surface area contributed by atoms with Crippen molar-refractivity contribution in [1.82, 2.24) is 5.32 Å². The van der Waals surface area contributed by atoms with E-state index in [1.807, 2.05) is 60.7 Å². The number of ketones is 2. The second kappa shape index (κ2) is 5.04. The number of carbonyl (C=O) groups is 3. The van der Waals surface area contributed by atoms with Crippen molar-refractivity contribution in [2.45, 2.75) is 5.54 Å². The molecular formula is C24H15NO3. The number of allylic oxidation sites excluding steroid dienone is 5. The van der Waals surface area contributed by atoms with Crippen molar-refractivity contribution in [3.05, 3.63) is 101 Å². The van der Waals surface area contributed by atoms with E-state index in [0.717, 1.165) is 16.7 Å². The second-order valence-corrected chi connectivity index (χ2v) is 7.60. The van der Waals surface area contributed by atoms with Gasteiger partial charge in [-0.3, -0.25) is 14.4 Å². The molecule has 1 aliphatic heterocycles. The fourth-order valence-corrected chi connectivity index (χ4v) is 5.21. The molecule has 0 saturated carbocycles. The highest BCUT2D eigenvalue weighted by Gasteiger charge is 2.59. The van der Waals surface area contributed by atoms with Crippen LogP contribution in [-0.2, 0) is 15.1 Å². The van der Waals surface area contributed by atoms with Crippen LogP contribution < -0.4 is 5.32 Å². The van der Waals surface area contributed by atoms with Gasteiger partial charge in [-0.25, -0.2) is 0 Å². The fraction of sp³-hybridized carbons (Fsp3) is 0.125. The minimum absolute atomic E-state index is 0.0526. The van der Waals surface area contributed by atoms with Gasteiger partial charge >= 0.3 is 0 Å². The van der Waals surface area contributed by atoms with Crippen LogP contribution in [0.4, 0.5) is 0 Å². The quantitative estimate of drug-likeness (QED) is 0.781. The van der Waals surface area contributed by atoms with Gasteiger partial charge in [-0.05, 0) is 22.8 Å². The van der Waals surface area contributed by atoms with Gasteiger partial charge in [0.2, 0.25) is 0 Å². The van der Waals surface area contributed by atoms with Crippen LogP contribution in [0.5, 0.6) is 0 Å². The molecule has 0 bridgehead atoms. The zero-order valence-corrected chi connectivity index (χ0v) is 14.8. The molecule has 3 atom stereocenters. The topological polar surface area (TPSA) is 63.2 Å². The van der Waals surface area contributed by atoms with Crippen LogP contribution in [0.2, 0.25) is 0 Å². The first-order chi connectivity index (χ1) is 13.6. The molecule has 28 heavy (non-hydrogen) atoms. The summed E-state index contributed by atoms with van der Waals surface area (Å²) in [6.07, 6.45) is 7.24. The molecule has 2 aromatic carbocycles. The number of nitrogens with one attached hydrogen (secondary N) is 1. The molecule has 0 saturated heterocycles. The van der Waals surface area contributed by atoms with Crippen molar-refractivity contribution in [2.24, 2.45) is 11.8 Å². The van der Waals surface area contributed by atoms with E-state index < -0.39 is 17.4 Å². The first-order valence-corrected chi connectivity index (χ1v) is 9.34. The molecule has 3 unspecified atom stereocenters. The summed E-state index contributed by atoms with van der Waals surface area (Å²) in [4.78, 5) is 40.0. The maximum atomic E-state index is 13.7. The van der Waals surface area contributed by atoms with Crippen molar-refractivity contribution in [1.29, 1.82) is 0 Å². The second-order valence-electron chi connectivity index (χ2n) is 7.60. The van der Waals surface area contributed by atoms with Crippen LogP contribution in [0, 0.1) is 11.8 Å². The molecule has 4 nitrogen and oxygen atoms in total. The largest absolute Gasteiger partial charge is 0.334 e. The van der Waals surface area contributed by atoms with Gasteiger partial charge in [0.25, 0.3) is 5.91 Å². The lowest BCUT2D eigenvalue weighted by Gasteiger charge is -2.35. The third kappa shape index (κ3) is 1.60. The van der Waals surface area contributed by atoms with E-state index in [0.29, 0.717) is 16.7 Å². The van der Waals surface area contributed by atoms with Crippen molar-refractivity contribution in [2.75, 3.05) is 0 Å². The van der Waals surface area contributed by atoms with Crippen LogP contribution in [-0.4, -0.2) is 17.5 Å². The average Bonchev–Trinajstić information content (AvgIpc) is 3.20. The summed E-state index contributed by atoms with van der Waals surface area (Å²) >= 11 is 0. The highest BCUT2D eigenvalue weighted by molar-refractivity contribution is 6.35. The van der Waals surface area contributed by atoms with Gasteiger partial charge in [0.1, 0.15) is 5.54 Å². The number of rotatable bonds is 0. The van der Waals surface area contributed by atoms with Gasteiger partial charge in [0.05, 0.1) is 11.8 Å². The third-order valence-electron chi connectivity index (χ3n) is 6.34. The number of hydrogen-bond acceptors (Lipinski definition) is 3. The maximum absolute atomic E-state index is 13.7. The number of benzene rings is 2. The number of carbonyl (C=O) groups excluding carboxylic acids is 3. The molecule has 2 aromatic rings. The Hall–Kier alpha value is -3.53. The highest BCUT2D eigenvalue weighted by Crippen LogP contribution is 2.56. The first kappa shape index (κ1) is 15.5. The SMILES string of the molecule is O=C1NC2(C3=C(C(=O)C4C=CC=CC4C3=O)c3ccccc32)c2ccccc21. The summed E-state index contributed by atoms with van der Waals surface area (Å²) in [6, 6.07) is 14.9. The normalized spacial score (nSPS) is 28.9.